The maximum atomic E-state index is 5.48. The largest absolute Gasteiger partial charge is 0.374 e. The Labute approximate surface area is 92.4 Å². The van der Waals surface area contributed by atoms with Gasteiger partial charge in [-0.1, -0.05) is 11.3 Å². The number of halogens is 1. The zero-order valence-electron chi connectivity index (χ0n) is 6.44. The molecule has 0 radical (unpaired) electrons. The first kappa shape index (κ1) is 8.82. The molecule has 0 spiro atoms. The van der Waals surface area contributed by atoms with Crippen LogP contribution in [0.25, 0.3) is 10.6 Å². The van der Waals surface area contributed by atoms with Crippen LogP contribution in [0.2, 0.25) is 0 Å². The molecule has 2 heterocycles. The van der Waals surface area contributed by atoms with E-state index in [1.807, 2.05) is 6.07 Å². The number of rotatable bonds is 1. The highest BCUT2D eigenvalue weighted by Crippen LogP contribution is 2.24. The smallest absolute Gasteiger partial charge is 0.203 e. The van der Waals surface area contributed by atoms with E-state index in [-0.39, 0.29) is 0 Å². The van der Waals surface area contributed by atoms with Crippen LogP contribution in [0.15, 0.2) is 18.5 Å². The van der Waals surface area contributed by atoms with E-state index in [0.29, 0.717) is 5.13 Å². The van der Waals surface area contributed by atoms with Crippen LogP contribution in [-0.2, 0) is 0 Å². The minimum Gasteiger partial charge on any atom is -0.374 e. The fourth-order valence-electron chi connectivity index (χ4n) is 0.880. The van der Waals surface area contributed by atoms with Gasteiger partial charge < -0.3 is 5.73 Å². The van der Waals surface area contributed by atoms with Gasteiger partial charge in [0.25, 0.3) is 0 Å². The number of nitrogens with zero attached hydrogens (tertiary/aromatic N) is 3. The minimum absolute atomic E-state index is 0.480. The Bertz CT molecular complexity index is 428. The molecule has 13 heavy (non-hydrogen) atoms. The first-order valence-electron chi connectivity index (χ1n) is 3.45. The van der Waals surface area contributed by atoms with Crippen molar-refractivity contribution in [2.45, 2.75) is 0 Å². The summed E-state index contributed by atoms with van der Waals surface area (Å²) < 4.78 is 1.07. The topological polar surface area (TPSA) is 64.7 Å². The second kappa shape index (κ2) is 3.54. The number of pyridine rings is 1. The van der Waals surface area contributed by atoms with Gasteiger partial charge in [-0.3, -0.25) is 4.98 Å². The van der Waals surface area contributed by atoms with E-state index in [2.05, 4.69) is 37.8 Å². The van der Waals surface area contributed by atoms with Crippen molar-refractivity contribution < 1.29 is 0 Å². The maximum absolute atomic E-state index is 5.48. The lowest BCUT2D eigenvalue weighted by atomic mass is 10.3. The third-order valence-corrected chi connectivity index (χ3v) is 2.78. The fraction of sp³-hybridized carbons (Fsp3) is 0. The summed E-state index contributed by atoms with van der Waals surface area (Å²) in [6, 6.07) is 1.99. The van der Waals surface area contributed by atoms with Gasteiger partial charge in [0, 0.05) is 21.5 Å². The highest BCUT2D eigenvalue weighted by molar-refractivity contribution is 14.1. The molecule has 0 aliphatic heterocycles. The Balaban J connectivity index is 2.46. The second-order valence-corrected chi connectivity index (χ2v) is 4.59. The summed E-state index contributed by atoms with van der Waals surface area (Å²) in [5.74, 6) is 0. The number of hydrogen-bond acceptors (Lipinski definition) is 5. The van der Waals surface area contributed by atoms with E-state index in [9.17, 15) is 0 Å². The van der Waals surface area contributed by atoms with Crippen LogP contribution in [-0.4, -0.2) is 15.2 Å². The van der Waals surface area contributed by atoms with Crippen LogP contribution in [0.5, 0.6) is 0 Å². The molecule has 4 nitrogen and oxygen atoms in total. The number of anilines is 1. The van der Waals surface area contributed by atoms with E-state index in [1.165, 1.54) is 11.3 Å². The molecule has 0 saturated heterocycles. The van der Waals surface area contributed by atoms with Gasteiger partial charge in [-0.05, 0) is 28.7 Å². The molecule has 0 amide bonds. The van der Waals surface area contributed by atoms with Crippen molar-refractivity contribution in [1.82, 2.24) is 15.2 Å². The molecule has 6 heteroatoms. The van der Waals surface area contributed by atoms with Crippen molar-refractivity contribution in [2.75, 3.05) is 5.73 Å². The van der Waals surface area contributed by atoms with Crippen LogP contribution in [0.3, 0.4) is 0 Å². The number of hydrogen-bond donors (Lipinski definition) is 1. The van der Waals surface area contributed by atoms with E-state index in [4.69, 9.17) is 5.73 Å². The van der Waals surface area contributed by atoms with Crippen molar-refractivity contribution in [3.8, 4) is 10.6 Å². The Morgan fingerprint density at radius 1 is 1.31 bits per heavy atom. The van der Waals surface area contributed by atoms with Gasteiger partial charge in [0.15, 0.2) is 5.01 Å². The van der Waals surface area contributed by atoms with E-state index < -0.39 is 0 Å². The molecule has 0 aromatic carbocycles. The fourth-order valence-corrected chi connectivity index (χ4v) is 1.97. The molecule has 0 atom stereocenters. The van der Waals surface area contributed by atoms with Crippen LogP contribution < -0.4 is 5.73 Å². The third-order valence-electron chi connectivity index (χ3n) is 1.39. The average molecular weight is 304 g/mol. The molecular formula is C7H5IN4S. The van der Waals surface area contributed by atoms with Crippen LogP contribution in [0, 0.1) is 3.57 Å². The highest BCUT2D eigenvalue weighted by atomic mass is 127. The van der Waals surface area contributed by atoms with Crippen LogP contribution in [0.4, 0.5) is 5.13 Å². The summed E-state index contributed by atoms with van der Waals surface area (Å²) in [6.45, 7) is 0. The van der Waals surface area contributed by atoms with Crippen LogP contribution in [0.1, 0.15) is 0 Å². The third kappa shape index (κ3) is 1.94. The molecule has 66 valence electrons. The summed E-state index contributed by atoms with van der Waals surface area (Å²) in [5, 5.41) is 8.96. The van der Waals surface area contributed by atoms with Gasteiger partial charge in [0.1, 0.15) is 0 Å². The molecular weight excluding hydrogens is 299 g/mol. The van der Waals surface area contributed by atoms with Gasteiger partial charge in [0.2, 0.25) is 5.13 Å². The molecule has 2 rings (SSSR count). The SMILES string of the molecule is Nc1nnc(-c2cncc(I)c2)s1. The molecule has 2 N–H and O–H groups in total. The summed E-state index contributed by atoms with van der Waals surface area (Å²) in [4.78, 5) is 4.06. The summed E-state index contributed by atoms with van der Waals surface area (Å²) in [5.41, 5.74) is 6.44. The van der Waals surface area contributed by atoms with Crippen molar-refractivity contribution >= 4 is 39.1 Å². The Morgan fingerprint density at radius 2 is 2.15 bits per heavy atom. The average Bonchev–Trinajstić information content (AvgIpc) is 2.52. The van der Waals surface area contributed by atoms with Crippen LogP contribution >= 0.6 is 33.9 Å². The van der Waals surface area contributed by atoms with Gasteiger partial charge >= 0.3 is 0 Å². The summed E-state index contributed by atoms with van der Waals surface area (Å²) in [6.07, 6.45) is 3.54. The number of nitrogen functional groups attached to an aromatic ring is 1. The lowest BCUT2D eigenvalue weighted by Gasteiger charge is -1.93. The minimum atomic E-state index is 0.480. The number of nitrogens with two attached hydrogens (primary N) is 1. The zero-order chi connectivity index (χ0) is 9.26. The Hall–Kier alpha value is -0.760. The first-order chi connectivity index (χ1) is 6.25. The normalized spacial score (nSPS) is 10.2. The zero-order valence-corrected chi connectivity index (χ0v) is 9.41. The van der Waals surface area contributed by atoms with Crippen molar-refractivity contribution in [3.05, 3.63) is 22.0 Å². The van der Waals surface area contributed by atoms with Crippen molar-refractivity contribution in [3.63, 3.8) is 0 Å². The molecule has 0 aliphatic carbocycles. The Kier molecular flexibility index (Phi) is 2.40. The summed E-state index contributed by atoms with van der Waals surface area (Å²) >= 11 is 3.56. The molecule has 0 bridgehead atoms. The highest BCUT2D eigenvalue weighted by Gasteiger charge is 2.04. The van der Waals surface area contributed by atoms with E-state index in [0.717, 1.165) is 14.1 Å². The lowest BCUT2D eigenvalue weighted by molar-refractivity contribution is 1.10. The molecule has 0 aliphatic rings. The van der Waals surface area contributed by atoms with E-state index >= 15 is 0 Å². The maximum Gasteiger partial charge on any atom is 0.203 e. The molecule has 0 unspecified atom stereocenters. The molecule has 0 fully saturated rings. The van der Waals surface area contributed by atoms with Crippen molar-refractivity contribution in [2.24, 2.45) is 0 Å². The van der Waals surface area contributed by atoms with E-state index in [1.54, 1.807) is 12.4 Å². The van der Waals surface area contributed by atoms with Gasteiger partial charge in [-0.15, -0.1) is 10.2 Å². The molecule has 0 saturated carbocycles. The molecule has 2 aromatic heterocycles. The second-order valence-electron chi connectivity index (χ2n) is 2.34. The molecule has 2 aromatic rings. The van der Waals surface area contributed by atoms with Crippen molar-refractivity contribution in [1.29, 1.82) is 0 Å². The van der Waals surface area contributed by atoms with Gasteiger partial charge in [-0.25, -0.2) is 0 Å². The quantitative estimate of drug-likeness (QED) is 0.816. The van der Waals surface area contributed by atoms with Gasteiger partial charge in [-0.2, -0.15) is 0 Å². The predicted molar refractivity (Wildman–Crippen MR) is 60.3 cm³/mol. The summed E-state index contributed by atoms with van der Waals surface area (Å²) in [7, 11) is 0. The lowest BCUT2D eigenvalue weighted by Crippen LogP contribution is -1.81. The monoisotopic (exact) mass is 304 g/mol. The van der Waals surface area contributed by atoms with Gasteiger partial charge in [0.05, 0.1) is 0 Å². The number of aromatic nitrogens is 3. The first-order valence-corrected chi connectivity index (χ1v) is 5.35. The Morgan fingerprint density at radius 3 is 2.77 bits per heavy atom. The predicted octanol–water partition coefficient (Wildman–Crippen LogP) is 1.79. The standard InChI is InChI=1S/C7H5IN4S/c8-5-1-4(2-10-3-5)6-11-12-7(9)13-6/h1-3H,(H2,9,12).